The molecule has 0 aliphatic carbocycles. The van der Waals surface area contributed by atoms with Crippen molar-refractivity contribution in [2.75, 3.05) is 27.2 Å². The van der Waals surface area contributed by atoms with E-state index in [0.29, 0.717) is 6.42 Å². The highest BCUT2D eigenvalue weighted by Gasteiger charge is 2.13. The number of carbonyl (C=O) groups is 2. The molecule has 0 saturated heterocycles. The molecule has 0 aromatic carbocycles. The van der Waals surface area contributed by atoms with Crippen LogP contribution in [0.5, 0.6) is 0 Å². The fourth-order valence-electron chi connectivity index (χ4n) is 1.22. The largest absolute Gasteiger partial charge is 0.462 e. The third kappa shape index (κ3) is 8.98. The Kier molecular flexibility index (Phi) is 8.37. The SMILES string of the molecule is CC(COC(=O)C(C)C)OC(=O)CCCN(C)C. The van der Waals surface area contributed by atoms with Crippen molar-refractivity contribution >= 4 is 11.9 Å². The molecule has 0 aliphatic rings. The third-order valence-electron chi connectivity index (χ3n) is 2.25. The molecule has 0 aromatic heterocycles. The van der Waals surface area contributed by atoms with Crippen LogP contribution in [-0.4, -0.2) is 50.2 Å². The topological polar surface area (TPSA) is 55.8 Å². The summed E-state index contributed by atoms with van der Waals surface area (Å²) in [5.74, 6) is -0.677. The Labute approximate surface area is 109 Å². The lowest BCUT2D eigenvalue weighted by Gasteiger charge is -2.15. The predicted molar refractivity (Wildman–Crippen MR) is 69.1 cm³/mol. The van der Waals surface area contributed by atoms with E-state index < -0.39 is 0 Å². The zero-order valence-electron chi connectivity index (χ0n) is 12.1. The lowest BCUT2D eigenvalue weighted by molar-refractivity contribution is -0.159. The van der Waals surface area contributed by atoms with Gasteiger partial charge < -0.3 is 14.4 Å². The van der Waals surface area contributed by atoms with E-state index in [-0.39, 0.29) is 30.6 Å². The van der Waals surface area contributed by atoms with Gasteiger partial charge in [0, 0.05) is 6.42 Å². The zero-order valence-corrected chi connectivity index (χ0v) is 12.1. The van der Waals surface area contributed by atoms with Crippen molar-refractivity contribution in [2.24, 2.45) is 5.92 Å². The van der Waals surface area contributed by atoms with Gasteiger partial charge in [-0.25, -0.2) is 0 Å². The fraction of sp³-hybridized carbons (Fsp3) is 0.846. The summed E-state index contributed by atoms with van der Waals surface area (Å²) in [4.78, 5) is 24.7. The fourth-order valence-corrected chi connectivity index (χ4v) is 1.22. The number of nitrogens with zero attached hydrogens (tertiary/aromatic N) is 1. The van der Waals surface area contributed by atoms with Gasteiger partial charge in [0.25, 0.3) is 0 Å². The molecule has 0 rings (SSSR count). The van der Waals surface area contributed by atoms with Gasteiger partial charge in [-0.05, 0) is 34.0 Å². The van der Waals surface area contributed by atoms with E-state index in [4.69, 9.17) is 9.47 Å². The maximum absolute atomic E-state index is 11.4. The highest BCUT2D eigenvalue weighted by atomic mass is 16.6. The quantitative estimate of drug-likeness (QED) is 0.618. The molecule has 0 saturated carbocycles. The lowest BCUT2D eigenvalue weighted by Crippen LogP contribution is -2.24. The number of hydrogen-bond donors (Lipinski definition) is 0. The molecule has 0 aliphatic heterocycles. The van der Waals surface area contributed by atoms with Gasteiger partial charge in [0.1, 0.15) is 12.7 Å². The Hall–Kier alpha value is -1.10. The minimum Gasteiger partial charge on any atom is -0.462 e. The van der Waals surface area contributed by atoms with Crippen LogP contribution in [0.4, 0.5) is 0 Å². The number of carbonyl (C=O) groups excluding carboxylic acids is 2. The summed E-state index contributed by atoms with van der Waals surface area (Å²) < 4.78 is 10.1. The van der Waals surface area contributed by atoms with Crippen molar-refractivity contribution in [3.63, 3.8) is 0 Å². The Bertz CT molecular complexity index is 264. The van der Waals surface area contributed by atoms with Crippen molar-refractivity contribution in [3.05, 3.63) is 0 Å². The first-order chi connectivity index (χ1) is 8.32. The average Bonchev–Trinajstić information content (AvgIpc) is 2.24. The zero-order chi connectivity index (χ0) is 14.1. The van der Waals surface area contributed by atoms with Crippen molar-refractivity contribution < 1.29 is 19.1 Å². The van der Waals surface area contributed by atoms with E-state index in [0.717, 1.165) is 13.0 Å². The number of ether oxygens (including phenoxy) is 2. The highest BCUT2D eigenvalue weighted by molar-refractivity contribution is 5.71. The third-order valence-corrected chi connectivity index (χ3v) is 2.25. The van der Waals surface area contributed by atoms with Gasteiger partial charge in [-0.1, -0.05) is 13.8 Å². The Morgan fingerprint density at radius 3 is 2.28 bits per heavy atom. The average molecular weight is 259 g/mol. The molecule has 0 spiro atoms. The van der Waals surface area contributed by atoms with Gasteiger partial charge in [0.15, 0.2) is 0 Å². The van der Waals surface area contributed by atoms with Crippen LogP contribution in [0.2, 0.25) is 0 Å². The Morgan fingerprint density at radius 2 is 1.78 bits per heavy atom. The van der Waals surface area contributed by atoms with E-state index in [9.17, 15) is 9.59 Å². The van der Waals surface area contributed by atoms with Crippen molar-refractivity contribution in [2.45, 2.75) is 39.7 Å². The first kappa shape index (κ1) is 16.9. The summed E-state index contributed by atoms with van der Waals surface area (Å²) in [6.45, 7) is 6.22. The van der Waals surface area contributed by atoms with Gasteiger partial charge in [-0.15, -0.1) is 0 Å². The highest BCUT2D eigenvalue weighted by Crippen LogP contribution is 2.02. The van der Waals surface area contributed by atoms with Gasteiger partial charge in [0.2, 0.25) is 0 Å². The van der Waals surface area contributed by atoms with Crippen LogP contribution in [0.15, 0.2) is 0 Å². The molecule has 0 radical (unpaired) electrons. The van der Waals surface area contributed by atoms with Crippen molar-refractivity contribution in [1.82, 2.24) is 4.90 Å². The second kappa shape index (κ2) is 8.91. The summed E-state index contributed by atoms with van der Waals surface area (Å²) >= 11 is 0. The maximum Gasteiger partial charge on any atom is 0.308 e. The number of esters is 2. The minimum atomic E-state index is -0.389. The van der Waals surface area contributed by atoms with Gasteiger partial charge in [0.05, 0.1) is 5.92 Å². The van der Waals surface area contributed by atoms with Crippen LogP contribution in [0.25, 0.3) is 0 Å². The van der Waals surface area contributed by atoms with E-state index in [1.807, 2.05) is 19.0 Å². The maximum atomic E-state index is 11.4. The summed E-state index contributed by atoms with van der Waals surface area (Å²) in [7, 11) is 3.92. The second-order valence-corrected chi connectivity index (χ2v) is 4.99. The molecule has 106 valence electrons. The van der Waals surface area contributed by atoms with Crippen LogP contribution >= 0.6 is 0 Å². The molecule has 0 fully saturated rings. The Balaban J connectivity index is 3.70. The van der Waals surface area contributed by atoms with E-state index in [2.05, 4.69) is 0 Å². The lowest BCUT2D eigenvalue weighted by atomic mass is 10.2. The first-order valence-corrected chi connectivity index (χ1v) is 6.33. The van der Waals surface area contributed by atoms with E-state index in [1.54, 1.807) is 20.8 Å². The summed E-state index contributed by atoms with van der Waals surface area (Å²) in [5, 5.41) is 0. The van der Waals surface area contributed by atoms with Gasteiger partial charge >= 0.3 is 11.9 Å². The molecule has 18 heavy (non-hydrogen) atoms. The number of hydrogen-bond acceptors (Lipinski definition) is 5. The molecule has 0 amide bonds. The van der Waals surface area contributed by atoms with Crippen LogP contribution in [-0.2, 0) is 19.1 Å². The van der Waals surface area contributed by atoms with Crippen LogP contribution in [0.1, 0.15) is 33.6 Å². The minimum absolute atomic E-state index is 0.121. The summed E-state index contributed by atoms with van der Waals surface area (Å²) in [5.41, 5.74) is 0. The summed E-state index contributed by atoms with van der Waals surface area (Å²) in [6, 6.07) is 0. The second-order valence-electron chi connectivity index (χ2n) is 4.99. The first-order valence-electron chi connectivity index (χ1n) is 6.33. The van der Waals surface area contributed by atoms with Crippen molar-refractivity contribution in [3.8, 4) is 0 Å². The molecule has 0 bridgehead atoms. The molecule has 0 N–H and O–H groups in total. The molecular formula is C13H25NO4. The normalized spacial score (nSPS) is 12.6. The molecule has 1 atom stereocenters. The molecule has 0 aromatic rings. The monoisotopic (exact) mass is 259 g/mol. The van der Waals surface area contributed by atoms with Crippen LogP contribution in [0.3, 0.4) is 0 Å². The molecule has 0 heterocycles. The molecule has 1 unspecified atom stereocenters. The van der Waals surface area contributed by atoms with Crippen molar-refractivity contribution in [1.29, 1.82) is 0 Å². The molecule has 5 heteroatoms. The standard InChI is InChI=1S/C13H25NO4/c1-10(2)13(16)17-9-11(3)18-12(15)7-6-8-14(4)5/h10-11H,6-9H2,1-5H3. The van der Waals surface area contributed by atoms with Crippen LogP contribution in [0, 0.1) is 5.92 Å². The van der Waals surface area contributed by atoms with E-state index >= 15 is 0 Å². The predicted octanol–water partition coefficient (Wildman–Crippen LogP) is 1.46. The van der Waals surface area contributed by atoms with Crippen LogP contribution < -0.4 is 0 Å². The molecule has 5 nitrogen and oxygen atoms in total. The number of rotatable bonds is 8. The van der Waals surface area contributed by atoms with E-state index in [1.165, 1.54) is 0 Å². The Morgan fingerprint density at radius 1 is 1.17 bits per heavy atom. The summed E-state index contributed by atoms with van der Waals surface area (Å²) in [6.07, 6.45) is 0.768. The smallest absolute Gasteiger partial charge is 0.308 e. The van der Waals surface area contributed by atoms with Gasteiger partial charge in [-0.2, -0.15) is 0 Å². The molecular weight excluding hydrogens is 234 g/mol. The van der Waals surface area contributed by atoms with Gasteiger partial charge in [-0.3, -0.25) is 9.59 Å².